The van der Waals surface area contributed by atoms with Crippen molar-refractivity contribution in [2.45, 2.75) is 19.8 Å². The van der Waals surface area contributed by atoms with Crippen LogP contribution in [0.1, 0.15) is 19.8 Å². The molecule has 0 aliphatic heterocycles. The minimum atomic E-state index is -0.186. The van der Waals surface area contributed by atoms with Gasteiger partial charge >= 0.3 is 0 Å². The quantitative estimate of drug-likeness (QED) is 0.608. The van der Waals surface area contributed by atoms with E-state index in [1.54, 1.807) is 7.05 Å². The number of hydrogen-bond donors (Lipinski definition) is 2. The van der Waals surface area contributed by atoms with E-state index >= 15 is 0 Å². The van der Waals surface area contributed by atoms with Crippen LogP contribution in [0.5, 0.6) is 0 Å². The molecule has 2 N–H and O–H groups in total. The van der Waals surface area contributed by atoms with Gasteiger partial charge in [-0.1, -0.05) is 6.92 Å². The first-order valence-electron chi connectivity index (χ1n) is 4.07. The third kappa shape index (κ3) is 1.96. The summed E-state index contributed by atoms with van der Waals surface area (Å²) in [6.45, 7) is 2.00. The van der Waals surface area contributed by atoms with E-state index in [0.29, 0.717) is 0 Å². The van der Waals surface area contributed by atoms with Crippen molar-refractivity contribution in [2.75, 3.05) is 13.6 Å². The zero-order valence-electron chi connectivity index (χ0n) is 7.44. The molecular formula is C8H14N2O2. The molecule has 0 spiro atoms. The van der Waals surface area contributed by atoms with Crippen molar-refractivity contribution >= 4 is 11.8 Å². The molecule has 0 aromatic carbocycles. The first-order valence-corrected chi connectivity index (χ1v) is 4.07. The molecule has 0 aromatic heterocycles. The Labute approximate surface area is 71.7 Å². The summed E-state index contributed by atoms with van der Waals surface area (Å²) in [5.74, 6) is -0.168. The highest BCUT2D eigenvalue weighted by molar-refractivity contribution is 5.89. The predicted octanol–water partition coefficient (Wildman–Crippen LogP) is -0.351. The predicted molar refractivity (Wildman–Crippen MR) is 44.4 cm³/mol. The third-order valence-electron chi connectivity index (χ3n) is 2.24. The smallest absolute Gasteiger partial charge is 0.239 e. The van der Waals surface area contributed by atoms with E-state index in [-0.39, 0.29) is 23.8 Å². The summed E-state index contributed by atoms with van der Waals surface area (Å²) in [4.78, 5) is 22.0. The molecule has 4 nitrogen and oxygen atoms in total. The second-order valence-corrected chi connectivity index (χ2v) is 3.42. The number of carbonyl (C=O) groups is 2. The normalized spacial score (nSPS) is 18.2. The molecular weight excluding hydrogens is 156 g/mol. The number of hydrogen-bond acceptors (Lipinski definition) is 2. The number of likely N-dealkylation sites (N-methyl/N-ethyl adjacent to an activating group) is 1. The zero-order chi connectivity index (χ0) is 9.19. The van der Waals surface area contributed by atoms with Crippen LogP contribution >= 0.6 is 0 Å². The molecule has 0 heterocycles. The van der Waals surface area contributed by atoms with Gasteiger partial charge in [-0.3, -0.25) is 9.59 Å². The highest BCUT2D eigenvalue weighted by Crippen LogP contribution is 2.44. The topological polar surface area (TPSA) is 58.2 Å². The molecule has 12 heavy (non-hydrogen) atoms. The molecule has 1 saturated carbocycles. The van der Waals surface area contributed by atoms with Gasteiger partial charge in [0.1, 0.15) is 0 Å². The SMILES string of the molecule is CNC(=O)CNC(=O)C1(C)CC1. The van der Waals surface area contributed by atoms with E-state index in [9.17, 15) is 9.59 Å². The Balaban J connectivity index is 2.23. The Hall–Kier alpha value is -1.06. The highest BCUT2D eigenvalue weighted by Gasteiger charge is 2.44. The van der Waals surface area contributed by atoms with Crippen LogP contribution in [0.4, 0.5) is 0 Å². The van der Waals surface area contributed by atoms with Crippen LogP contribution in [0.2, 0.25) is 0 Å². The van der Waals surface area contributed by atoms with E-state index in [2.05, 4.69) is 10.6 Å². The maximum absolute atomic E-state index is 11.3. The lowest BCUT2D eigenvalue weighted by molar-refractivity contribution is -0.128. The zero-order valence-corrected chi connectivity index (χ0v) is 7.44. The number of carbonyl (C=O) groups excluding carboxylic acids is 2. The Morgan fingerprint density at radius 2 is 2.00 bits per heavy atom. The Bertz CT molecular complexity index is 209. The largest absolute Gasteiger partial charge is 0.358 e. The first kappa shape index (κ1) is 9.03. The van der Waals surface area contributed by atoms with Crippen LogP contribution in [0.25, 0.3) is 0 Å². The van der Waals surface area contributed by atoms with Crippen LogP contribution < -0.4 is 10.6 Å². The average Bonchev–Trinajstić information content (AvgIpc) is 2.80. The van der Waals surface area contributed by atoms with Crippen molar-refractivity contribution < 1.29 is 9.59 Å². The van der Waals surface area contributed by atoms with Crippen molar-refractivity contribution in [1.29, 1.82) is 0 Å². The molecule has 1 aliphatic carbocycles. The molecule has 0 radical (unpaired) electrons. The molecule has 68 valence electrons. The number of nitrogens with one attached hydrogen (secondary N) is 2. The van der Waals surface area contributed by atoms with Crippen LogP contribution in [0.3, 0.4) is 0 Å². The second-order valence-electron chi connectivity index (χ2n) is 3.42. The van der Waals surface area contributed by atoms with Crippen molar-refractivity contribution in [3.63, 3.8) is 0 Å². The van der Waals surface area contributed by atoms with E-state index < -0.39 is 0 Å². The van der Waals surface area contributed by atoms with Crippen molar-refractivity contribution in [3.05, 3.63) is 0 Å². The molecule has 0 saturated heterocycles. The number of rotatable bonds is 3. The van der Waals surface area contributed by atoms with Crippen molar-refractivity contribution in [3.8, 4) is 0 Å². The second kappa shape index (κ2) is 3.13. The fourth-order valence-electron chi connectivity index (χ4n) is 0.877. The molecule has 0 atom stereocenters. The van der Waals surface area contributed by atoms with Gasteiger partial charge in [-0.15, -0.1) is 0 Å². The van der Waals surface area contributed by atoms with Crippen LogP contribution in [-0.4, -0.2) is 25.4 Å². The lowest BCUT2D eigenvalue weighted by Gasteiger charge is -2.08. The monoisotopic (exact) mass is 170 g/mol. The molecule has 4 heteroatoms. The summed E-state index contributed by atoms with van der Waals surface area (Å²) >= 11 is 0. The van der Waals surface area contributed by atoms with Gasteiger partial charge in [0.15, 0.2) is 0 Å². The Kier molecular flexibility index (Phi) is 2.35. The van der Waals surface area contributed by atoms with E-state index in [4.69, 9.17) is 0 Å². The van der Waals surface area contributed by atoms with Crippen molar-refractivity contribution in [1.82, 2.24) is 10.6 Å². The lowest BCUT2D eigenvalue weighted by atomic mass is 10.1. The van der Waals surface area contributed by atoms with Crippen molar-refractivity contribution in [2.24, 2.45) is 5.41 Å². The molecule has 0 unspecified atom stereocenters. The molecule has 1 rings (SSSR count). The molecule has 1 fully saturated rings. The summed E-state index contributed by atoms with van der Waals surface area (Å²) in [5.41, 5.74) is -0.186. The maximum Gasteiger partial charge on any atom is 0.239 e. The van der Waals surface area contributed by atoms with Crippen LogP contribution in [0.15, 0.2) is 0 Å². The van der Waals surface area contributed by atoms with Gasteiger partial charge in [-0.05, 0) is 12.8 Å². The van der Waals surface area contributed by atoms with Gasteiger partial charge in [0.25, 0.3) is 0 Å². The lowest BCUT2D eigenvalue weighted by Crippen LogP contribution is -2.38. The van der Waals surface area contributed by atoms with Crippen LogP contribution in [-0.2, 0) is 9.59 Å². The minimum absolute atomic E-state index is 0.00824. The summed E-state index contributed by atoms with van der Waals surface area (Å²) in [7, 11) is 1.55. The van der Waals surface area contributed by atoms with E-state index in [1.165, 1.54) is 0 Å². The fourth-order valence-corrected chi connectivity index (χ4v) is 0.877. The summed E-state index contributed by atoms with van der Waals surface area (Å²) in [5, 5.41) is 5.02. The third-order valence-corrected chi connectivity index (χ3v) is 2.24. The molecule has 0 bridgehead atoms. The molecule has 0 aromatic rings. The number of amides is 2. The minimum Gasteiger partial charge on any atom is -0.358 e. The maximum atomic E-state index is 11.3. The van der Waals surface area contributed by atoms with Gasteiger partial charge < -0.3 is 10.6 Å². The van der Waals surface area contributed by atoms with Gasteiger partial charge in [-0.25, -0.2) is 0 Å². The van der Waals surface area contributed by atoms with Gasteiger partial charge in [-0.2, -0.15) is 0 Å². The van der Waals surface area contributed by atoms with E-state index in [0.717, 1.165) is 12.8 Å². The van der Waals surface area contributed by atoms with Crippen LogP contribution in [0, 0.1) is 5.41 Å². The van der Waals surface area contributed by atoms with E-state index in [1.807, 2.05) is 6.92 Å². The summed E-state index contributed by atoms with van der Waals surface area (Å²) in [6, 6.07) is 0. The fraction of sp³-hybridized carbons (Fsp3) is 0.750. The molecule has 1 aliphatic rings. The summed E-state index contributed by atoms with van der Waals surface area (Å²) in [6.07, 6.45) is 1.87. The van der Waals surface area contributed by atoms with Gasteiger partial charge in [0.05, 0.1) is 6.54 Å². The molecule has 2 amide bonds. The summed E-state index contributed by atoms with van der Waals surface area (Å²) < 4.78 is 0. The Morgan fingerprint density at radius 1 is 1.42 bits per heavy atom. The average molecular weight is 170 g/mol. The van der Waals surface area contributed by atoms with Gasteiger partial charge in [0.2, 0.25) is 11.8 Å². The first-order chi connectivity index (χ1) is 5.58. The standard InChI is InChI=1S/C8H14N2O2/c1-8(3-4-8)7(12)10-5-6(11)9-2/h3-5H2,1-2H3,(H,9,11)(H,10,12). The van der Waals surface area contributed by atoms with Gasteiger partial charge in [0, 0.05) is 12.5 Å². The highest BCUT2D eigenvalue weighted by atomic mass is 16.2. The Morgan fingerprint density at radius 3 is 2.42 bits per heavy atom.